The second-order valence-electron chi connectivity index (χ2n) is 5.50. The first kappa shape index (κ1) is 19.1. The molecule has 0 aromatic rings. The van der Waals surface area contributed by atoms with Crippen LogP contribution in [0.25, 0.3) is 0 Å². The summed E-state index contributed by atoms with van der Waals surface area (Å²) in [6.07, 6.45) is 2.83. The van der Waals surface area contributed by atoms with Crippen molar-refractivity contribution < 1.29 is 4.79 Å². The van der Waals surface area contributed by atoms with Gasteiger partial charge >= 0.3 is 0 Å². The first-order valence-corrected chi connectivity index (χ1v) is 6.30. The van der Waals surface area contributed by atoms with E-state index in [2.05, 4.69) is 27.7 Å². The van der Waals surface area contributed by atoms with E-state index in [0.717, 1.165) is 19.4 Å². The number of nitrogens with zero attached hydrogens (tertiary/aromatic N) is 1. The predicted octanol–water partition coefficient (Wildman–Crippen LogP) is 2.68. The van der Waals surface area contributed by atoms with Crippen LogP contribution in [0, 0.1) is 11.3 Å². The number of carbonyl (C=O) groups is 1. The summed E-state index contributed by atoms with van der Waals surface area (Å²) in [5.41, 5.74) is 5.68. The van der Waals surface area contributed by atoms with E-state index in [4.69, 9.17) is 5.73 Å². The maximum atomic E-state index is 11.9. The Labute approximate surface area is 113 Å². The molecule has 0 heterocycles. The van der Waals surface area contributed by atoms with Crippen LogP contribution in [0.15, 0.2) is 0 Å². The summed E-state index contributed by atoms with van der Waals surface area (Å²) in [6.45, 7) is 9.82. The van der Waals surface area contributed by atoms with Crippen LogP contribution in [0.2, 0.25) is 0 Å². The second-order valence-corrected chi connectivity index (χ2v) is 5.50. The van der Waals surface area contributed by atoms with Crippen LogP contribution < -0.4 is 5.73 Å². The fourth-order valence-electron chi connectivity index (χ4n) is 1.77. The second kappa shape index (κ2) is 8.76. The lowest BCUT2D eigenvalue weighted by Gasteiger charge is -2.29. The van der Waals surface area contributed by atoms with Gasteiger partial charge in [-0.1, -0.05) is 40.5 Å². The number of carbonyl (C=O) groups excluding carboxylic acids is 1. The summed E-state index contributed by atoms with van der Waals surface area (Å²) in [7, 11) is 1.88. The lowest BCUT2D eigenvalue weighted by Crippen LogP contribution is -2.40. The summed E-state index contributed by atoms with van der Waals surface area (Å²) in [5.74, 6) is 0.770. The van der Waals surface area contributed by atoms with Crippen LogP contribution in [0.1, 0.15) is 47.0 Å². The molecule has 0 aromatic heterocycles. The number of hydrogen-bond donors (Lipinski definition) is 1. The fraction of sp³-hybridized carbons (Fsp3) is 0.923. The van der Waals surface area contributed by atoms with Crippen molar-refractivity contribution in [2.45, 2.75) is 47.0 Å². The zero-order chi connectivity index (χ0) is 12.8. The van der Waals surface area contributed by atoms with E-state index in [1.807, 2.05) is 11.9 Å². The molecule has 0 bridgehead atoms. The van der Waals surface area contributed by atoms with Crippen LogP contribution in [-0.2, 0) is 4.79 Å². The third-order valence-corrected chi connectivity index (χ3v) is 3.26. The van der Waals surface area contributed by atoms with Crippen LogP contribution in [-0.4, -0.2) is 30.9 Å². The van der Waals surface area contributed by atoms with E-state index in [0.29, 0.717) is 18.9 Å². The van der Waals surface area contributed by atoms with Gasteiger partial charge in [0.25, 0.3) is 0 Å². The maximum absolute atomic E-state index is 11.9. The molecule has 2 N–H and O–H groups in total. The molecule has 0 radical (unpaired) electrons. The molecular weight excluding hydrogens is 236 g/mol. The van der Waals surface area contributed by atoms with Crippen molar-refractivity contribution in [2.24, 2.45) is 17.1 Å². The molecule has 0 saturated carbocycles. The van der Waals surface area contributed by atoms with Gasteiger partial charge in [0.15, 0.2) is 0 Å². The van der Waals surface area contributed by atoms with Crippen LogP contribution in [0.4, 0.5) is 0 Å². The van der Waals surface area contributed by atoms with Crippen molar-refractivity contribution in [3.63, 3.8) is 0 Å². The van der Waals surface area contributed by atoms with Gasteiger partial charge in [0.1, 0.15) is 0 Å². The molecule has 0 unspecified atom stereocenters. The van der Waals surface area contributed by atoms with Gasteiger partial charge < -0.3 is 10.6 Å². The van der Waals surface area contributed by atoms with Crippen LogP contribution >= 0.6 is 12.4 Å². The molecule has 3 nitrogen and oxygen atoms in total. The number of hydrogen-bond acceptors (Lipinski definition) is 2. The summed E-state index contributed by atoms with van der Waals surface area (Å²) in [4.78, 5) is 13.8. The highest BCUT2D eigenvalue weighted by Crippen LogP contribution is 2.17. The lowest BCUT2D eigenvalue weighted by atomic mass is 9.92. The number of amides is 1. The molecule has 0 fully saturated rings. The van der Waals surface area contributed by atoms with Crippen molar-refractivity contribution in [1.29, 1.82) is 0 Å². The Kier molecular flexibility index (Phi) is 9.82. The van der Waals surface area contributed by atoms with Crippen molar-refractivity contribution >= 4 is 18.3 Å². The zero-order valence-electron chi connectivity index (χ0n) is 12.0. The molecular formula is C13H29ClN2O. The lowest BCUT2D eigenvalue weighted by molar-refractivity contribution is -0.132. The summed E-state index contributed by atoms with van der Waals surface area (Å²) in [5, 5.41) is 0. The Balaban J connectivity index is 0. The Bertz CT molecular complexity index is 215. The van der Waals surface area contributed by atoms with Gasteiger partial charge in [0.2, 0.25) is 5.91 Å². The summed E-state index contributed by atoms with van der Waals surface area (Å²) >= 11 is 0. The standard InChI is InChI=1S/C13H28N2O.ClH/c1-6-11(7-2)8-12(16)15(5)10-13(3,4)9-14;/h11H,6-10,14H2,1-5H3;1H. The zero-order valence-corrected chi connectivity index (χ0v) is 12.8. The average Bonchev–Trinajstić information content (AvgIpc) is 2.24. The van der Waals surface area contributed by atoms with Crippen molar-refractivity contribution in [3.05, 3.63) is 0 Å². The van der Waals surface area contributed by atoms with E-state index < -0.39 is 0 Å². The van der Waals surface area contributed by atoms with Gasteiger partial charge in [-0.3, -0.25) is 4.79 Å². The molecule has 0 aliphatic carbocycles. The van der Waals surface area contributed by atoms with Gasteiger partial charge in [-0.15, -0.1) is 12.4 Å². The molecule has 0 aliphatic rings. The normalized spacial score (nSPS) is 11.2. The summed E-state index contributed by atoms with van der Waals surface area (Å²) in [6, 6.07) is 0. The van der Waals surface area contributed by atoms with Crippen LogP contribution in [0.5, 0.6) is 0 Å². The minimum absolute atomic E-state index is 0. The summed E-state index contributed by atoms with van der Waals surface area (Å²) < 4.78 is 0. The molecule has 104 valence electrons. The van der Waals surface area contributed by atoms with Gasteiger partial charge in [-0.2, -0.15) is 0 Å². The van der Waals surface area contributed by atoms with E-state index in [1.165, 1.54) is 0 Å². The fourth-order valence-corrected chi connectivity index (χ4v) is 1.77. The van der Waals surface area contributed by atoms with E-state index in [9.17, 15) is 4.79 Å². The third-order valence-electron chi connectivity index (χ3n) is 3.26. The smallest absolute Gasteiger partial charge is 0.222 e. The highest BCUT2D eigenvalue weighted by Gasteiger charge is 2.22. The van der Waals surface area contributed by atoms with Gasteiger partial charge in [0.05, 0.1) is 0 Å². The minimum Gasteiger partial charge on any atom is -0.345 e. The molecule has 0 rings (SSSR count). The molecule has 0 saturated heterocycles. The molecule has 0 aliphatic heterocycles. The highest BCUT2D eigenvalue weighted by atomic mass is 35.5. The van der Waals surface area contributed by atoms with Crippen molar-refractivity contribution in [2.75, 3.05) is 20.1 Å². The minimum atomic E-state index is 0. The topological polar surface area (TPSA) is 46.3 Å². The van der Waals surface area contributed by atoms with E-state index >= 15 is 0 Å². The molecule has 4 heteroatoms. The van der Waals surface area contributed by atoms with Crippen LogP contribution in [0.3, 0.4) is 0 Å². The van der Waals surface area contributed by atoms with E-state index in [1.54, 1.807) is 0 Å². The third kappa shape index (κ3) is 7.61. The SMILES string of the molecule is CCC(CC)CC(=O)N(C)CC(C)(C)CN.Cl. The quantitative estimate of drug-likeness (QED) is 0.769. The van der Waals surface area contributed by atoms with Gasteiger partial charge in [-0.25, -0.2) is 0 Å². The number of rotatable bonds is 7. The Morgan fingerprint density at radius 2 is 1.76 bits per heavy atom. The van der Waals surface area contributed by atoms with Crippen molar-refractivity contribution in [1.82, 2.24) is 4.90 Å². The Hall–Kier alpha value is -0.280. The molecule has 0 spiro atoms. The molecule has 17 heavy (non-hydrogen) atoms. The monoisotopic (exact) mass is 264 g/mol. The Morgan fingerprint density at radius 1 is 1.29 bits per heavy atom. The first-order valence-electron chi connectivity index (χ1n) is 6.30. The first-order chi connectivity index (χ1) is 7.36. The maximum Gasteiger partial charge on any atom is 0.222 e. The number of nitrogens with two attached hydrogens (primary N) is 1. The van der Waals surface area contributed by atoms with Crippen molar-refractivity contribution in [3.8, 4) is 0 Å². The average molecular weight is 265 g/mol. The van der Waals surface area contributed by atoms with Gasteiger partial charge in [0, 0.05) is 20.0 Å². The van der Waals surface area contributed by atoms with Gasteiger partial charge in [-0.05, 0) is 17.9 Å². The largest absolute Gasteiger partial charge is 0.345 e. The number of halogens is 1. The molecule has 0 atom stereocenters. The predicted molar refractivity (Wildman–Crippen MR) is 76.4 cm³/mol. The molecule has 1 amide bonds. The van der Waals surface area contributed by atoms with E-state index in [-0.39, 0.29) is 23.7 Å². The molecule has 0 aromatic carbocycles. The highest BCUT2D eigenvalue weighted by molar-refractivity contribution is 5.85. The Morgan fingerprint density at radius 3 is 2.12 bits per heavy atom.